The predicted octanol–water partition coefficient (Wildman–Crippen LogP) is 2.94. The van der Waals surface area contributed by atoms with Crippen LogP contribution in [0.2, 0.25) is 0 Å². The third kappa shape index (κ3) is 3.58. The summed E-state index contributed by atoms with van der Waals surface area (Å²) in [6.07, 6.45) is 1.58. The number of hydrazine groups is 1. The van der Waals surface area contributed by atoms with Crippen molar-refractivity contribution < 1.29 is 0 Å². The third-order valence-corrected chi connectivity index (χ3v) is 5.26. The molecule has 0 amide bonds. The molecule has 0 saturated carbocycles. The van der Waals surface area contributed by atoms with Crippen molar-refractivity contribution in [2.45, 2.75) is 6.92 Å². The molecule has 4 rings (SSSR count). The molecule has 0 aliphatic carbocycles. The lowest BCUT2D eigenvalue weighted by molar-refractivity contribution is 0.178. The minimum Gasteiger partial charge on any atom is -0.393 e. The first-order chi connectivity index (χ1) is 13.7. The smallest absolute Gasteiger partial charge is 0.169 e. The summed E-state index contributed by atoms with van der Waals surface area (Å²) in [5, 5.41) is 4.54. The van der Waals surface area contributed by atoms with Crippen molar-refractivity contribution in [1.29, 1.82) is 0 Å². The summed E-state index contributed by atoms with van der Waals surface area (Å²) in [6, 6.07) is 14.7. The van der Waals surface area contributed by atoms with Crippen LogP contribution in [0.3, 0.4) is 0 Å². The van der Waals surface area contributed by atoms with E-state index in [1.54, 1.807) is 6.33 Å². The average Bonchev–Trinajstić information content (AvgIpc) is 2.73. The number of rotatable bonds is 5. The van der Waals surface area contributed by atoms with Crippen molar-refractivity contribution in [1.82, 2.24) is 19.9 Å². The van der Waals surface area contributed by atoms with E-state index >= 15 is 0 Å². The van der Waals surface area contributed by atoms with Crippen LogP contribution in [-0.4, -0.2) is 59.6 Å². The lowest BCUT2D eigenvalue weighted by atomic mass is 10.1. The van der Waals surface area contributed by atoms with Gasteiger partial charge in [-0.1, -0.05) is 36.4 Å². The SMILES string of the molecule is CCN(c1ncnc(NN2CCN(C)CC2)c1N)c1cccc2ccccc12. The van der Waals surface area contributed by atoms with E-state index < -0.39 is 0 Å². The van der Waals surface area contributed by atoms with Crippen molar-refractivity contribution in [2.75, 3.05) is 55.8 Å². The number of piperazine rings is 1. The molecule has 146 valence electrons. The van der Waals surface area contributed by atoms with Crippen LogP contribution in [0.4, 0.5) is 23.0 Å². The highest BCUT2D eigenvalue weighted by atomic mass is 15.5. The first kappa shape index (κ1) is 18.5. The first-order valence-electron chi connectivity index (χ1n) is 9.73. The van der Waals surface area contributed by atoms with Gasteiger partial charge in [-0.25, -0.2) is 15.0 Å². The molecule has 3 aromatic rings. The van der Waals surface area contributed by atoms with Crippen LogP contribution < -0.4 is 16.1 Å². The van der Waals surface area contributed by atoms with Gasteiger partial charge in [-0.3, -0.25) is 0 Å². The summed E-state index contributed by atoms with van der Waals surface area (Å²) in [7, 11) is 2.14. The molecule has 0 spiro atoms. The largest absolute Gasteiger partial charge is 0.393 e. The molecule has 3 N–H and O–H groups in total. The maximum absolute atomic E-state index is 6.52. The Balaban J connectivity index is 1.67. The monoisotopic (exact) mass is 377 g/mol. The zero-order valence-corrected chi connectivity index (χ0v) is 16.5. The Hall–Kier alpha value is -2.90. The van der Waals surface area contributed by atoms with E-state index in [-0.39, 0.29) is 0 Å². The Morgan fingerprint density at radius 2 is 1.79 bits per heavy atom. The summed E-state index contributed by atoms with van der Waals surface area (Å²) in [5.41, 5.74) is 11.6. The molecule has 28 heavy (non-hydrogen) atoms. The van der Waals surface area contributed by atoms with Gasteiger partial charge in [0.2, 0.25) is 0 Å². The van der Waals surface area contributed by atoms with Crippen LogP contribution in [-0.2, 0) is 0 Å². The molecule has 1 aliphatic heterocycles. The fourth-order valence-corrected chi connectivity index (χ4v) is 3.64. The quantitative estimate of drug-likeness (QED) is 0.708. The number of nitrogens with two attached hydrogens (primary N) is 1. The van der Waals surface area contributed by atoms with Gasteiger partial charge in [-0.2, -0.15) is 0 Å². The minimum atomic E-state index is 0.566. The minimum absolute atomic E-state index is 0.566. The van der Waals surface area contributed by atoms with Crippen molar-refractivity contribution in [3.63, 3.8) is 0 Å². The molecule has 0 radical (unpaired) electrons. The third-order valence-electron chi connectivity index (χ3n) is 5.26. The maximum Gasteiger partial charge on any atom is 0.169 e. The Kier molecular flexibility index (Phi) is 5.27. The van der Waals surface area contributed by atoms with E-state index in [2.05, 4.69) is 86.6 Å². The fraction of sp³-hybridized carbons (Fsp3) is 0.333. The van der Waals surface area contributed by atoms with Crippen molar-refractivity contribution >= 4 is 33.8 Å². The van der Waals surface area contributed by atoms with Crippen LogP contribution in [0.25, 0.3) is 10.8 Å². The first-order valence-corrected chi connectivity index (χ1v) is 9.73. The van der Waals surface area contributed by atoms with Gasteiger partial charge in [0, 0.05) is 38.1 Å². The van der Waals surface area contributed by atoms with Gasteiger partial charge < -0.3 is 21.0 Å². The molecule has 2 aromatic carbocycles. The van der Waals surface area contributed by atoms with Gasteiger partial charge >= 0.3 is 0 Å². The standard InChI is InChI=1S/C21H27N7/c1-3-28(18-10-6-8-16-7-4-5-9-17(16)18)21-19(22)20(23-15-24-21)25-27-13-11-26(2)12-14-27/h4-10,15H,3,11-14,22H2,1-2H3,(H,23,24,25). The summed E-state index contributed by atoms with van der Waals surface area (Å²) in [6.45, 7) is 6.75. The lowest BCUT2D eigenvalue weighted by Gasteiger charge is -2.33. The van der Waals surface area contributed by atoms with Crippen LogP contribution in [0.5, 0.6) is 0 Å². The van der Waals surface area contributed by atoms with E-state index in [1.807, 2.05) is 0 Å². The summed E-state index contributed by atoms with van der Waals surface area (Å²) < 4.78 is 0. The highest BCUT2D eigenvalue weighted by Crippen LogP contribution is 2.35. The lowest BCUT2D eigenvalue weighted by Crippen LogP contribution is -2.47. The summed E-state index contributed by atoms with van der Waals surface area (Å²) in [4.78, 5) is 13.4. The molecule has 0 bridgehead atoms. The van der Waals surface area contributed by atoms with E-state index in [0.717, 1.165) is 44.2 Å². The van der Waals surface area contributed by atoms with Crippen LogP contribution in [0, 0.1) is 0 Å². The Labute approximate surface area is 165 Å². The Morgan fingerprint density at radius 3 is 2.57 bits per heavy atom. The Morgan fingerprint density at radius 1 is 1.04 bits per heavy atom. The van der Waals surface area contributed by atoms with Gasteiger partial charge in [0.25, 0.3) is 0 Å². The van der Waals surface area contributed by atoms with E-state index in [1.165, 1.54) is 10.8 Å². The number of aromatic nitrogens is 2. The zero-order valence-electron chi connectivity index (χ0n) is 16.5. The average molecular weight is 377 g/mol. The molecule has 2 heterocycles. The van der Waals surface area contributed by atoms with Crippen LogP contribution in [0.1, 0.15) is 6.92 Å². The predicted molar refractivity (Wildman–Crippen MR) is 116 cm³/mol. The number of fused-ring (bicyclic) bond motifs is 1. The topological polar surface area (TPSA) is 73.6 Å². The van der Waals surface area contributed by atoms with Gasteiger partial charge in [0.05, 0.1) is 5.69 Å². The second kappa shape index (κ2) is 8.00. The number of benzene rings is 2. The number of hydrogen-bond acceptors (Lipinski definition) is 7. The fourth-order valence-electron chi connectivity index (χ4n) is 3.64. The molecule has 7 nitrogen and oxygen atoms in total. The van der Waals surface area contributed by atoms with Crippen molar-refractivity contribution in [2.24, 2.45) is 0 Å². The zero-order chi connectivity index (χ0) is 19.5. The number of hydrogen-bond donors (Lipinski definition) is 2. The van der Waals surface area contributed by atoms with E-state index in [0.29, 0.717) is 11.5 Å². The molecule has 0 atom stereocenters. The van der Waals surface area contributed by atoms with Gasteiger partial charge in [-0.05, 0) is 25.4 Å². The van der Waals surface area contributed by atoms with Gasteiger partial charge in [0.15, 0.2) is 11.6 Å². The Bertz CT molecular complexity index is 945. The van der Waals surface area contributed by atoms with E-state index in [9.17, 15) is 0 Å². The highest BCUT2D eigenvalue weighted by Gasteiger charge is 2.20. The molecular formula is C21H27N7. The van der Waals surface area contributed by atoms with Crippen LogP contribution >= 0.6 is 0 Å². The number of nitrogens with zero attached hydrogens (tertiary/aromatic N) is 5. The summed E-state index contributed by atoms with van der Waals surface area (Å²) >= 11 is 0. The normalized spacial score (nSPS) is 15.6. The molecular weight excluding hydrogens is 350 g/mol. The van der Waals surface area contributed by atoms with E-state index in [4.69, 9.17) is 5.73 Å². The summed E-state index contributed by atoms with van der Waals surface area (Å²) in [5.74, 6) is 1.39. The molecule has 1 fully saturated rings. The number of anilines is 4. The molecule has 1 aromatic heterocycles. The second-order valence-corrected chi connectivity index (χ2v) is 7.10. The number of nitrogen functional groups attached to an aromatic ring is 1. The van der Waals surface area contributed by atoms with Crippen LogP contribution in [0.15, 0.2) is 48.8 Å². The molecule has 7 heteroatoms. The second-order valence-electron chi connectivity index (χ2n) is 7.10. The molecule has 1 saturated heterocycles. The van der Waals surface area contributed by atoms with Crippen molar-refractivity contribution in [3.8, 4) is 0 Å². The number of likely N-dealkylation sites (N-methyl/N-ethyl adjacent to an activating group) is 1. The van der Waals surface area contributed by atoms with Gasteiger partial charge in [-0.15, -0.1) is 0 Å². The highest BCUT2D eigenvalue weighted by molar-refractivity contribution is 5.97. The molecule has 1 aliphatic rings. The van der Waals surface area contributed by atoms with Crippen molar-refractivity contribution in [3.05, 3.63) is 48.8 Å². The maximum atomic E-state index is 6.52. The van der Waals surface area contributed by atoms with Gasteiger partial charge in [0.1, 0.15) is 12.0 Å². The number of nitrogens with one attached hydrogen (secondary N) is 1. The molecule has 0 unspecified atom stereocenters.